The molecule has 4 nitrogen and oxygen atoms in total. The fraction of sp³-hybridized carbons (Fsp3) is 0.0625. The average Bonchev–Trinajstić information content (AvgIpc) is 2.49. The number of nitrogens with zero attached hydrogens (tertiary/aromatic N) is 2. The van der Waals surface area contributed by atoms with E-state index in [4.69, 9.17) is 0 Å². The van der Waals surface area contributed by atoms with Gasteiger partial charge in [0.1, 0.15) is 0 Å². The molecule has 1 aromatic heterocycles. The number of rotatable bonds is 5. The summed E-state index contributed by atoms with van der Waals surface area (Å²) in [5.74, 6) is -0.162. The molecule has 1 aromatic carbocycles. The van der Waals surface area contributed by atoms with Crippen molar-refractivity contribution >= 4 is 18.2 Å². The van der Waals surface area contributed by atoms with Crippen molar-refractivity contribution in [1.29, 1.82) is 0 Å². The molecule has 1 heterocycles. The molecule has 2 rings (SSSR count). The lowest BCUT2D eigenvalue weighted by Crippen LogP contribution is -3.00. The van der Waals surface area contributed by atoms with E-state index in [2.05, 4.69) is 10.5 Å². The monoisotopic (exact) mass is 301 g/mol. The van der Waals surface area contributed by atoms with Gasteiger partial charge in [-0.2, -0.15) is 9.67 Å². The zero-order chi connectivity index (χ0) is 14.0. The quantitative estimate of drug-likeness (QED) is 0.421. The van der Waals surface area contributed by atoms with Crippen molar-refractivity contribution in [3.63, 3.8) is 0 Å². The van der Waals surface area contributed by atoms with Crippen LogP contribution in [0.25, 0.3) is 6.08 Å². The van der Waals surface area contributed by atoms with Crippen molar-refractivity contribution in [2.75, 3.05) is 0 Å². The van der Waals surface area contributed by atoms with E-state index >= 15 is 0 Å². The predicted octanol–water partition coefficient (Wildman–Crippen LogP) is -1.21. The Bertz CT molecular complexity index is 597. The Hall–Kier alpha value is -2.46. The van der Waals surface area contributed by atoms with Crippen LogP contribution in [0.5, 0.6) is 0 Å². The van der Waals surface area contributed by atoms with E-state index in [0.29, 0.717) is 0 Å². The van der Waals surface area contributed by atoms with Crippen molar-refractivity contribution in [2.45, 2.75) is 6.54 Å². The highest BCUT2D eigenvalue weighted by molar-refractivity contribution is 5.80. The maximum Gasteiger partial charge on any atom is 0.305 e. The first-order chi connectivity index (χ1) is 9.84. The number of amides is 1. The SMILES string of the molecule is O=C(C[n+]1ccccc1)NN=CC=Cc1ccccc1.[Cl-]. The minimum absolute atomic E-state index is 0. The normalized spacial score (nSPS) is 10.5. The number of carbonyl (C=O) groups is 1. The highest BCUT2D eigenvalue weighted by atomic mass is 35.5. The smallest absolute Gasteiger partial charge is 0.305 e. The van der Waals surface area contributed by atoms with Gasteiger partial charge in [-0.25, -0.2) is 5.43 Å². The first-order valence-electron chi connectivity index (χ1n) is 6.32. The van der Waals surface area contributed by atoms with Crippen LogP contribution in [-0.4, -0.2) is 12.1 Å². The molecule has 1 N–H and O–H groups in total. The number of nitrogens with one attached hydrogen (secondary N) is 1. The Morgan fingerprint density at radius 2 is 1.76 bits per heavy atom. The van der Waals surface area contributed by atoms with E-state index in [1.54, 1.807) is 16.9 Å². The second-order valence-corrected chi connectivity index (χ2v) is 4.13. The van der Waals surface area contributed by atoms with Crippen LogP contribution in [0.1, 0.15) is 5.56 Å². The van der Waals surface area contributed by atoms with Crippen LogP contribution in [0.15, 0.2) is 72.1 Å². The molecule has 0 unspecified atom stereocenters. The number of carbonyl (C=O) groups excluding carboxylic acids is 1. The number of hydrogen-bond donors (Lipinski definition) is 1. The fourth-order valence-corrected chi connectivity index (χ4v) is 1.61. The van der Waals surface area contributed by atoms with Crippen LogP contribution in [0, 0.1) is 0 Å². The third-order valence-corrected chi connectivity index (χ3v) is 2.54. The van der Waals surface area contributed by atoms with Crippen molar-refractivity contribution in [3.05, 3.63) is 72.6 Å². The van der Waals surface area contributed by atoms with Gasteiger partial charge in [0, 0.05) is 18.3 Å². The minimum atomic E-state index is -0.162. The van der Waals surface area contributed by atoms with E-state index in [0.717, 1.165) is 5.56 Å². The summed E-state index contributed by atoms with van der Waals surface area (Å²) in [6, 6.07) is 15.5. The molecule has 0 saturated carbocycles. The predicted molar refractivity (Wildman–Crippen MR) is 78.7 cm³/mol. The maximum atomic E-state index is 11.6. The number of halogens is 1. The van der Waals surface area contributed by atoms with Crippen molar-refractivity contribution in [3.8, 4) is 0 Å². The Balaban J connectivity index is 0.00000220. The van der Waals surface area contributed by atoms with Crippen LogP contribution in [0.3, 0.4) is 0 Å². The number of benzene rings is 1. The fourth-order valence-electron chi connectivity index (χ4n) is 1.61. The minimum Gasteiger partial charge on any atom is -1.00 e. The third-order valence-electron chi connectivity index (χ3n) is 2.54. The Kier molecular flexibility index (Phi) is 7.46. The molecule has 21 heavy (non-hydrogen) atoms. The van der Waals surface area contributed by atoms with Crippen LogP contribution in [0.2, 0.25) is 0 Å². The molecular formula is C16H16ClN3O. The summed E-state index contributed by atoms with van der Waals surface area (Å²) in [6.07, 6.45) is 8.92. The number of hydrogen-bond acceptors (Lipinski definition) is 2. The summed E-state index contributed by atoms with van der Waals surface area (Å²) in [5, 5.41) is 3.86. The van der Waals surface area contributed by atoms with Crippen molar-refractivity contribution in [2.24, 2.45) is 5.10 Å². The first-order valence-corrected chi connectivity index (χ1v) is 6.32. The second kappa shape index (κ2) is 9.44. The molecule has 0 radical (unpaired) electrons. The molecule has 0 saturated heterocycles. The summed E-state index contributed by atoms with van der Waals surface area (Å²) >= 11 is 0. The van der Waals surface area contributed by atoms with E-state index < -0.39 is 0 Å². The van der Waals surface area contributed by atoms with Gasteiger partial charge in [-0.1, -0.05) is 42.5 Å². The van der Waals surface area contributed by atoms with Crippen molar-refractivity contribution in [1.82, 2.24) is 5.43 Å². The highest BCUT2D eigenvalue weighted by Gasteiger charge is 2.05. The summed E-state index contributed by atoms with van der Waals surface area (Å²) in [6.45, 7) is 0.251. The maximum absolute atomic E-state index is 11.6. The molecule has 0 aliphatic heterocycles. The van der Waals surface area contributed by atoms with Gasteiger partial charge in [0.15, 0.2) is 12.4 Å². The lowest BCUT2D eigenvalue weighted by molar-refractivity contribution is -0.684. The Morgan fingerprint density at radius 3 is 2.48 bits per heavy atom. The standard InChI is InChI=1S/C16H15N3O.ClH/c20-16(14-19-12-5-2-6-13-19)18-17-11-7-10-15-8-3-1-4-9-15;/h1-13H,14H2;1H. The molecule has 108 valence electrons. The molecule has 0 fully saturated rings. The average molecular weight is 302 g/mol. The number of allylic oxidation sites excluding steroid dienone is 1. The molecule has 0 spiro atoms. The Labute approximate surface area is 130 Å². The lowest BCUT2D eigenvalue weighted by Gasteiger charge is -1.95. The zero-order valence-electron chi connectivity index (χ0n) is 11.4. The molecule has 0 atom stereocenters. The summed E-state index contributed by atoms with van der Waals surface area (Å²) in [7, 11) is 0. The molecule has 0 aliphatic carbocycles. The van der Waals surface area contributed by atoms with Crippen molar-refractivity contribution < 1.29 is 21.8 Å². The third kappa shape index (κ3) is 6.49. The van der Waals surface area contributed by atoms with Gasteiger partial charge < -0.3 is 12.4 Å². The molecule has 1 amide bonds. The number of aromatic nitrogens is 1. The van der Waals surface area contributed by atoms with Crippen LogP contribution >= 0.6 is 0 Å². The van der Waals surface area contributed by atoms with Gasteiger partial charge in [-0.15, -0.1) is 0 Å². The first kappa shape index (κ1) is 16.6. The molecular weight excluding hydrogens is 286 g/mol. The molecule has 2 aromatic rings. The molecule has 5 heteroatoms. The van der Waals surface area contributed by atoms with Gasteiger partial charge in [-0.3, -0.25) is 4.79 Å². The van der Waals surface area contributed by atoms with Gasteiger partial charge in [-0.05, 0) is 11.6 Å². The summed E-state index contributed by atoms with van der Waals surface area (Å²) in [4.78, 5) is 11.6. The largest absolute Gasteiger partial charge is 1.00 e. The van der Waals surface area contributed by atoms with E-state index in [1.165, 1.54) is 0 Å². The van der Waals surface area contributed by atoms with Crippen LogP contribution in [0.4, 0.5) is 0 Å². The summed E-state index contributed by atoms with van der Waals surface area (Å²) in [5.41, 5.74) is 3.56. The summed E-state index contributed by atoms with van der Waals surface area (Å²) < 4.78 is 1.78. The van der Waals surface area contributed by atoms with E-state index in [-0.39, 0.29) is 24.9 Å². The van der Waals surface area contributed by atoms with E-state index in [9.17, 15) is 4.79 Å². The number of hydrazone groups is 1. The lowest BCUT2D eigenvalue weighted by atomic mass is 10.2. The highest BCUT2D eigenvalue weighted by Crippen LogP contribution is 1.99. The number of pyridine rings is 1. The van der Waals surface area contributed by atoms with Gasteiger partial charge in [0.2, 0.25) is 6.54 Å². The second-order valence-electron chi connectivity index (χ2n) is 4.13. The van der Waals surface area contributed by atoms with Gasteiger partial charge >= 0.3 is 5.91 Å². The Morgan fingerprint density at radius 1 is 1.10 bits per heavy atom. The van der Waals surface area contributed by atoms with Crippen LogP contribution in [-0.2, 0) is 11.3 Å². The molecule has 0 aliphatic rings. The molecule has 0 bridgehead atoms. The zero-order valence-corrected chi connectivity index (χ0v) is 12.1. The van der Waals surface area contributed by atoms with Crippen LogP contribution < -0.4 is 22.4 Å². The topological polar surface area (TPSA) is 45.3 Å². The van der Waals surface area contributed by atoms with E-state index in [1.807, 2.05) is 67.0 Å². The van der Waals surface area contributed by atoms with Gasteiger partial charge in [0.05, 0.1) is 0 Å². The van der Waals surface area contributed by atoms with Gasteiger partial charge in [0.25, 0.3) is 0 Å².